The Morgan fingerprint density at radius 3 is 2.14 bits per heavy atom. The number of nitrogens with one attached hydrogen (secondary N) is 1. The molecule has 1 aliphatic rings. The Morgan fingerprint density at radius 1 is 0.914 bits per heavy atom. The predicted octanol–water partition coefficient (Wildman–Crippen LogP) is 0.572. The normalized spacial score (nSPS) is 13.1. The molecule has 9 nitrogen and oxygen atoms in total. The molecule has 172 valence electrons. The number of hydrogen-bond acceptors (Lipinski definition) is 9. The molecule has 1 aromatic heterocycles. The summed E-state index contributed by atoms with van der Waals surface area (Å²) in [5, 5.41) is 14.0. The molecule has 0 saturated carbocycles. The SMILES string of the molecule is O=C1c2cccc3cccc(c23)C(=O)N1CCCc1nnc(Nc2ccc(S(=O)(=O)[O-])cc2)s1.[Na+]. The Labute approximate surface area is 227 Å². The summed E-state index contributed by atoms with van der Waals surface area (Å²) in [5.74, 6) is -0.588. The van der Waals surface area contributed by atoms with Crippen LogP contribution >= 0.6 is 11.3 Å². The quantitative estimate of drug-likeness (QED) is 0.214. The molecule has 4 aromatic rings. The summed E-state index contributed by atoms with van der Waals surface area (Å²) in [6, 6.07) is 16.3. The second-order valence-corrected chi connectivity index (χ2v) is 10.1. The molecule has 0 aliphatic carbocycles. The van der Waals surface area contributed by atoms with Crippen LogP contribution in [0.4, 0.5) is 10.8 Å². The van der Waals surface area contributed by atoms with Gasteiger partial charge in [-0.25, -0.2) is 8.42 Å². The number of carbonyl (C=O) groups excluding carboxylic acids is 2. The molecule has 2 heterocycles. The van der Waals surface area contributed by atoms with Crippen LogP contribution in [0.25, 0.3) is 10.8 Å². The van der Waals surface area contributed by atoms with Gasteiger partial charge in [-0.05, 0) is 48.2 Å². The van der Waals surface area contributed by atoms with Crippen molar-refractivity contribution in [3.63, 3.8) is 0 Å². The monoisotopic (exact) mass is 516 g/mol. The van der Waals surface area contributed by atoms with Crippen molar-refractivity contribution in [2.45, 2.75) is 17.7 Å². The number of anilines is 2. The fourth-order valence-electron chi connectivity index (χ4n) is 3.91. The van der Waals surface area contributed by atoms with E-state index in [0.29, 0.717) is 40.2 Å². The molecule has 3 aromatic carbocycles. The topological polar surface area (TPSA) is 132 Å². The number of aromatic nitrogens is 2. The van der Waals surface area contributed by atoms with Gasteiger partial charge in [0, 0.05) is 35.2 Å². The van der Waals surface area contributed by atoms with E-state index in [1.54, 1.807) is 12.1 Å². The molecular weight excluding hydrogens is 499 g/mol. The van der Waals surface area contributed by atoms with Crippen LogP contribution in [0, 0.1) is 0 Å². The summed E-state index contributed by atoms with van der Waals surface area (Å²) in [6.45, 7) is 0.260. The van der Waals surface area contributed by atoms with E-state index in [9.17, 15) is 22.6 Å². The van der Waals surface area contributed by atoms with E-state index in [1.165, 1.54) is 40.5 Å². The summed E-state index contributed by atoms with van der Waals surface area (Å²) in [4.78, 5) is 26.9. The molecule has 2 amide bonds. The Hall–Kier alpha value is -2.67. The zero-order valence-corrected chi connectivity index (χ0v) is 22.2. The van der Waals surface area contributed by atoms with Crippen LogP contribution in [0.1, 0.15) is 32.1 Å². The first kappa shape index (κ1) is 25.4. The first-order valence-electron chi connectivity index (χ1n) is 10.3. The molecule has 12 heteroatoms. The third-order valence-electron chi connectivity index (χ3n) is 5.49. The van der Waals surface area contributed by atoms with Crippen LogP contribution < -0.4 is 34.9 Å². The molecule has 1 N–H and O–H groups in total. The third kappa shape index (κ3) is 5.15. The average Bonchev–Trinajstić information content (AvgIpc) is 3.26. The molecule has 5 rings (SSSR count). The predicted molar refractivity (Wildman–Crippen MR) is 125 cm³/mol. The zero-order chi connectivity index (χ0) is 23.9. The number of benzene rings is 3. The van der Waals surface area contributed by atoms with Crippen molar-refractivity contribution in [1.29, 1.82) is 0 Å². The van der Waals surface area contributed by atoms with Crippen LogP contribution in [-0.2, 0) is 16.5 Å². The van der Waals surface area contributed by atoms with E-state index >= 15 is 0 Å². The smallest absolute Gasteiger partial charge is 0.744 e. The maximum atomic E-state index is 13.0. The second-order valence-electron chi connectivity index (χ2n) is 7.68. The number of amides is 2. The summed E-state index contributed by atoms with van der Waals surface area (Å²) in [7, 11) is -4.50. The number of rotatable bonds is 7. The van der Waals surface area contributed by atoms with Gasteiger partial charge in [0.1, 0.15) is 15.1 Å². The molecule has 0 bridgehead atoms. The summed E-state index contributed by atoms with van der Waals surface area (Å²) in [6.07, 6.45) is 1.05. The molecule has 0 unspecified atom stereocenters. The molecular formula is C23H17N4NaO5S2. The van der Waals surface area contributed by atoms with Gasteiger partial charge >= 0.3 is 29.6 Å². The number of carbonyl (C=O) groups is 2. The molecule has 0 radical (unpaired) electrons. The molecule has 1 aliphatic heterocycles. The Kier molecular flexibility index (Phi) is 7.36. The van der Waals surface area contributed by atoms with E-state index in [2.05, 4.69) is 15.5 Å². The molecule has 0 saturated heterocycles. The molecule has 0 atom stereocenters. The van der Waals surface area contributed by atoms with Crippen LogP contribution in [-0.4, -0.2) is 46.4 Å². The van der Waals surface area contributed by atoms with E-state index < -0.39 is 10.1 Å². The Bertz CT molecular complexity index is 1490. The van der Waals surface area contributed by atoms with Crippen molar-refractivity contribution in [1.82, 2.24) is 15.1 Å². The third-order valence-corrected chi connectivity index (χ3v) is 7.24. The van der Waals surface area contributed by atoms with Crippen LogP contribution in [0.3, 0.4) is 0 Å². The van der Waals surface area contributed by atoms with Crippen LogP contribution in [0.15, 0.2) is 65.6 Å². The first-order chi connectivity index (χ1) is 16.3. The van der Waals surface area contributed by atoms with Crippen molar-refractivity contribution in [2.75, 3.05) is 11.9 Å². The van der Waals surface area contributed by atoms with Gasteiger partial charge in [0.25, 0.3) is 11.8 Å². The minimum Gasteiger partial charge on any atom is -0.744 e. The largest absolute Gasteiger partial charge is 1.00 e. The van der Waals surface area contributed by atoms with E-state index in [4.69, 9.17) is 0 Å². The molecule has 0 fully saturated rings. The summed E-state index contributed by atoms with van der Waals surface area (Å²) < 4.78 is 33.1. The van der Waals surface area contributed by atoms with Crippen molar-refractivity contribution in [2.24, 2.45) is 0 Å². The number of imide groups is 1. The van der Waals surface area contributed by atoms with E-state index in [0.717, 1.165) is 10.4 Å². The number of nitrogens with zero attached hydrogens (tertiary/aromatic N) is 3. The van der Waals surface area contributed by atoms with Crippen LogP contribution in [0.5, 0.6) is 0 Å². The van der Waals surface area contributed by atoms with Gasteiger partial charge in [-0.1, -0.05) is 35.6 Å². The van der Waals surface area contributed by atoms with Gasteiger partial charge in [-0.15, -0.1) is 10.2 Å². The summed E-state index contributed by atoms with van der Waals surface area (Å²) >= 11 is 1.31. The van der Waals surface area contributed by atoms with Crippen molar-refractivity contribution in [3.8, 4) is 0 Å². The van der Waals surface area contributed by atoms with Crippen molar-refractivity contribution in [3.05, 3.63) is 76.8 Å². The molecule has 35 heavy (non-hydrogen) atoms. The Morgan fingerprint density at radius 2 is 1.54 bits per heavy atom. The van der Waals surface area contributed by atoms with Gasteiger partial charge in [0.15, 0.2) is 0 Å². The maximum Gasteiger partial charge on any atom is 1.00 e. The van der Waals surface area contributed by atoms with Gasteiger partial charge in [-0.2, -0.15) is 0 Å². The van der Waals surface area contributed by atoms with Crippen molar-refractivity contribution < 1.29 is 52.1 Å². The van der Waals surface area contributed by atoms with Crippen LogP contribution in [0.2, 0.25) is 0 Å². The van der Waals surface area contributed by atoms with Gasteiger partial charge in [0.05, 0.1) is 4.90 Å². The first-order valence-corrected chi connectivity index (χ1v) is 12.6. The zero-order valence-electron chi connectivity index (χ0n) is 18.6. The van der Waals surface area contributed by atoms with Gasteiger partial charge in [-0.3, -0.25) is 14.5 Å². The number of aryl methyl sites for hydroxylation is 1. The standard InChI is InChI=1S/C23H18N4O5S2.Na/c28-21-17-6-1-4-14-5-2-7-18(20(14)17)22(29)27(21)13-3-8-19-25-26-23(33-19)24-15-9-11-16(12-10-15)34(30,31)32;/h1-2,4-7,9-12H,3,8,13H2,(H,24,26)(H,30,31,32);/q;+1/p-1. The minimum atomic E-state index is -4.50. The Balaban J connectivity index is 0.00000289. The minimum absolute atomic E-state index is 0. The van der Waals surface area contributed by atoms with Gasteiger partial charge in [0.2, 0.25) is 5.13 Å². The maximum absolute atomic E-state index is 13.0. The average molecular weight is 517 g/mol. The number of hydrogen-bond donors (Lipinski definition) is 1. The fraction of sp³-hybridized carbons (Fsp3) is 0.130. The molecule has 0 spiro atoms. The second kappa shape index (κ2) is 10.1. The van der Waals surface area contributed by atoms with Crippen molar-refractivity contribution >= 4 is 54.9 Å². The van der Waals surface area contributed by atoms with E-state index in [-0.39, 0.29) is 52.8 Å². The van der Waals surface area contributed by atoms with Gasteiger partial charge < -0.3 is 9.87 Å². The van der Waals surface area contributed by atoms with E-state index in [1.807, 2.05) is 24.3 Å². The fourth-order valence-corrected chi connectivity index (χ4v) is 5.18. The summed E-state index contributed by atoms with van der Waals surface area (Å²) in [5.41, 5.74) is 1.63.